The van der Waals surface area contributed by atoms with Gasteiger partial charge in [-0.15, -0.1) is 0 Å². The molecule has 2 heterocycles. The van der Waals surface area contributed by atoms with Gasteiger partial charge < -0.3 is 16.0 Å². The largest absolute Gasteiger partial charge is 0.358 e. The van der Waals surface area contributed by atoms with Crippen molar-refractivity contribution in [2.75, 3.05) is 32.0 Å². The lowest BCUT2D eigenvalue weighted by Crippen LogP contribution is -2.47. The first-order chi connectivity index (χ1) is 11.3. The van der Waals surface area contributed by atoms with Gasteiger partial charge in [0.05, 0.1) is 24.0 Å². The van der Waals surface area contributed by atoms with E-state index in [9.17, 15) is 9.59 Å². The monoisotopic (exact) mass is 336 g/mol. The Morgan fingerprint density at radius 3 is 2.50 bits per heavy atom. The van der Waals surface area contributed by atoms with Gasteiger partial charge in [-0.05, 0) is 33.6 Å². The molecule has 1 saturated heterocycles. The van der Waals surface area contributed by atoms with Gasteiger partial charge in [0.15, 0.2) is 0 Å². The molecule has 3 N–H and O–H groups in total. The van der Waals surface area contributed by atoms with Crippen molar-refractivity contribution in [1.82, 2.24) is 25.3 Å². The lowest BCUT2D eigenvalue weighted by atomic mass is 10.1. The highest BCUT2D eigenvalue weighted by molar-refractivity contribution is 5.89. The molecule has 0 spiro atoms. The number of rotatable bonds is 4. The molecular weight excluding hydrogens is 308 g/mol. The third kappa shape index (κ3) is 5.23. The van der Waals surface area contributed by atoms with Crippen LogP contribution in [0.2, 0.25) is 0 Å². The van der Waals surface area contributed by atoms with E-state index in [2.05, 4.69) is 46.7 Å². The van der Waals surface area contributed by atoms with Crippen molar-refractivity contribution in [1.29, 1.82) is 0 Å². The number of likely N-dealkylation sites (tertiary alicyclic amines) is 1. The second kappa shape index (κ2) is 7.65. The Morgan fingerprint density at radius 1 is 1.29 bits per heavy atom. The van der Waals surface area contributed by atoms with Crippen molar-refractivity contribution in [2.45, 2.75) is 45.2 Å². The summed E-state index contributed by atoms with van der Waals surface area (Å²) in [4.78, 5) is 25.6. The fourth-order valence-corrected chi connectivity index (χ4v) is 2.62. The molecule has 8 heteroatoms. The SMILES string of the molecule is CNC(=O)CN1CCC(NC(=O)Nc2cnn(C(C)(C)C)c2)CC1. The van der Waals surface area contributed by atoms with Gasteiger partial charge in [-0.1, -0.05) is 0 Å². The standard InChI is InChI=1S/C16H28N6O2/c1-16(2,3)22-10-13(9-18-22)20-15(24)19-12-5-7-21(8-6-12)11-14(23)17-4/h9-10,12H,5-8,11H2,1-4H3,(H,17,23)(H2,19,20,24). The first-order valence-corrected chi connectivity index (χ1v) is 8.33. The second-order valence-electron chi connectivity index (χ2n) is 7.17. The smallest absolute Gasteiger partial charge is 0.319 e. The number of hydrogen-bond acceptors (Lipinski definition) is 4. The number of likely N-dealkylation sites (N-methyl/N-ethyl adjacent to an activating group) is 1. The fraction of sp³-hybridized carbons (Fsp3) is 0.688. The number of anilines is 1. The minimum atomic E-state index is -0.215. The zero-order chi connectivity index (χ0) is 17.7. The van der Waals surface area contributed by atoms with Crippen molar-refractivity contribution >= 4 is 17.6 Å². The van der Waals surface area contributed by atoms with E-state index in [0.29, 0.717) is 12.2 Å². The van der Waals surface area contributed by atoms with Gasteiger partial charge in [0.1, 0.15) is 0 Å². The fourth-order valence-electron chi connectivity index (χ4n) is 2.62. The average molecular weight is 336 g/mol. The minimum Gasteiger partial charge on any atom is -0.358 e. The first-order valence-electron chi connectivity index (χ1n) is 8.33. The van der Waals surface area contributed by atoms with Crippen molar-refractivity contribution in [3.8, 4) is 0 Å². The summed E-state index contributed by atoms with van der Waals surface area (Å²) >= 11 is 0. The van der Waals surface area contributed by atoms with E-state index < -0.39 is 0 Å². The number of carbonyl (C=O) groups excluding carboxylic acids is 2. The Bertz CT molecular complexity index is 569. The molecule has 0 atom stereocenters. The van der Waals surface area contributed by atoms with Crippen molar-refractivity contribution in [2.24, 2.45) is 0 Å². The maximum absolute atomic E-state index is 12.1. The number of hydrogen-bond donors (Lipinski definition) is 3. The van der Waals surface area contributed by atoms with Crippen LogP contribution in [0.5, 0.6) is 0 Å². The van der Waals surface area contributed by atoms with Crippen LogP contribution >= 0.6 is 0 Å². The van der Waals surface area contributed by atoms with Crippen LogP contribution in [0.3, 0.4) is 0 Å². The third-order valence-electron chi connectivity index (χ3n) is 4.10. The molecule has 0 unspecified atom stereocenters. The molecule has 8 nitrogen and oxygen atoms in total. The normalized spacial score (nSPS) is 16.7. The molecule has 3 amide bonds. The second-order valence-corrected chi connectivity index (χ2v) is 7.17. The number of carbonyl (C=O) groups is 2. The molecule has 0 aliphatic carbocycles. The quantitative estimate of drug-likeness (QED) is 0.764. The summed E-state index contributed by atoms with van der Waals surface area (Å²) in [6.45, 7) is 8.19. The first kappa shape index (κ1) is 18.3. The maximum Gasteiger partial charge on any atom is 0.319 e. The molecule has 1 aromatic rings. The zero-order valence-corrected chi connectivity index (χ0v) is 14.9. The average Bonchev–Trinajstić information content (AvgIpc) is 2.97. The molecule has 1 aromatic heterocycles. The van der Waals surface area contributed by atoms with E-state index in [1.54, 1.807) is 13.2 Å². The molecular formula is C16H28N6O2. The molecule has 0 aromatic carbocycles. The van der Waals surface area contributed by atoms with E-state index in [4.69, 9.17) is 0 Å². The van der Waals surface area contributed by atoms with Crippen LogP contribution in [0.4, 0.5) is 10.5 Å². The number of piperidine rings is 1. The summed E-state index contributed by atoms with van der Waals surface area (Å²) in [6.07, 6.45) is 5.15. The Balaban J connectivity index is 1.76. The van der Waals surface area contributed by atoms with E-state index in [0.717, 1.165) is 25.9 Å². The van der Waals surface area contributed by atoms with Gasteiger partial charge in [-0.25, -0.2) is 4.79 Å². The number of amides is 3. The minimum absolute atomic E-state index is 0.0232. The van der Waals surface area contributed by atoms with E-state index in [1.165, 1.54) is 0 Å². The number of aromatic nitrogens is 2. The summed E-state index contributed by atoms with van der Waals surface area (Å²) in [6, 6.07) is -0.0863. The Kier molecular flexibility index (Phi) is 5.82. The maximum atomic E-state index is 12.1. The van der Waals surface area contributed by atoms with E-state index >= 15 is 0 Å². The van der Waals surface area contributed by atoms with Gasteiger partial charge in [-0.3, -0.25) is 14.4 Å². The Morgan fingerprint density at radius 2 is 1.96 bits per heavy atom. The molecule has 1 fully saturated rings. The molecule has 1 aliphatic rings. The lowest BCUT2D eigenvalue weighted by Gasteiger charge is -2.31. The summed E-state index contributed by atoms with van der Waals surface area (Å²) < 4.78 is 1.82. The topological polar surface area (TPSA) is 91.3 Å². The Labute approximate surface area is 143 Å². The predicted molar refractivity (Wildman–Crippen MR) is 92.9 cm³/mol. The molecule has 134 valence electrons. The third-order valence-corrected chi connectivity index (χ3v) is 4.10. The van der Waals surface area contributed by atoms with Crippen LogP contribution in [0, 0.1) is 0 Å². The van der Waals surface area contributed by atoms with Gasteiger partial charge in [0.25, 0.3) is 0 Å². The van der Waals surface area contributed by atoms with Gasteiger partial charge >= 0.3 is 6.03 Å². The summed E-state index contributed by atoms with van der Waals surface area (Å²) in [7, 11) is 1.64. The summed E-state index contributed by atoms with van der Waals surface area (Å²) in [5, 5.41) is 12.7. The molecule has 0 radical (unpaired) electrons. The molecule has 2 rings (SSSR count). The summed E-state index contributed by atoms with van der Waals surface area (Å²) in [5.74, 6) is 0.0232. The van der Waals surface area contributed by atoms with Crippen molar-refractivity contribution in [3.63, 3.8) is 0 Å². The van der Waals surface area contributed by atoms with Gasteiger partial charge in [0, 0.05) is 32.4 Å². The number of nitrogens with one attached hydrogen (secondary N) is 3. The van der Waals surface area contributed by atoms with Crippen LogP contribution in [0.1, 0.15) is 33.6 Å². The number of nitrogens with zero attached hydrogens (tertiary/aromatic N) is 3. The summed E-state index contributed by atoms with van der Waals surface area (Å²) in [5.41, 5.74) is 0.563. The molecule has 24 heavy (non-hydrogen) atoms. The van der Waals surface area contributed by atoms with Crippen LogP contribution in [0.15, 0.2) is 12.4 Å². The van der Waals surface area contributed by atoms with Crippen molar-refractivity contribution < 1.29 is 9.59 Å². The Hall–Kier alpha value is -2.09. The highest BCUT2D eigenvalue weighted by atomic mass is 16.2. The highest BCUT2D eigenvalue weighted by Gasteiger charge is 2.22. The molecule has 0 bridgehead atoms. The van der Waals surface area contributed by atoms with Crippen LogP contribution in [-0.2, 0) is 10.3 Å². The number of urea groups is 1. The predicted octanol–water partition coefficient (Wildman–Crippen LogP) is 0.970. The van der Waals surface area contributed by atoms with E-state index in [-0.39, 0.29) is 23.5 Å². The lowest BCUT2D eigenvalue weighted by molar-refractivity contribution is -0.122. The zero-order valence-electron chi connectivity index (χ0n) is 14.9. The van der Waals surface area contributed by atoms with Gasteiger partial charge in [0.2, 0.25) is 5.91 Å². The van der Waals surface area contributed by atoms with Crippen LogP contribution < -0.4 is 16.0 Å². The highest BCUT2D eigenvalue weighted by Crippen LogP contribution is 2.16. The van der Waals surface area contributed by atoms with Crippen LogP contribution in [-0.4, -0.2) is 59.3 Å². The van der Waals surface area contributed by atoms with Crippen LogP contribution in [0.25, 0.3) is 0 Å². The van der Waals surface area contributed by atoms with Crippen molar-refractivity contribution in [3.05, 3.63) is 12.4 Å². The van der Waals surface area contributed by atoms with E-state index in [1.807, 2.05) is 10.9 Å². The molecule has 1 aliphatic heterocycles. The molecule has 0 saturated carbocycles. The van der Waals surface area contributed by atoms with Gasteiger partial charge in [-0.2, -0.15) is 5.10 Å².